The lowest BCUT2D eigenvalue weighted by molar-refractivity contribution is -0.134. The Kier molecular flexibility index (Phi) is 5.61. The maximum absolute atomic E-state index is 13.5. The fraction of sp³-hybridized carbons (Fsp3) is 0.320. The van der Waals surface area contributed by atoms with Crippen LogP contribution in [0.25, 0.3) is 0 Å². The second-order valence-electron chi connectivity index (χ2n) is 7.68. The quantitative estimate of drug-likeness (QED) is 0.532. The highest BCUT2D eigenvalue weighted by Crippen LogP contribution is 2.33. The summed E-state index contributed by atoms with van der Waals surface area (Å²) in [5.74, 6) is 0.211. The van der Waals surface area contributed by atoms with E-state index < -0.39 is 0 Å². The van der Waals surface area contributed by atoms with Gasteiger partial charge in [0.1, 0.15) is 0 Å². The SMILES string of the molecule is CC[C@H](C(=O)N(Cc1cccn1Cc1ccccc1)C1CC1)c1ccccc1. The van der Waals surface area contributed by atoms with Crippen LogP contribution in [0.2, 0.25) is 0 Å². The number of carbonyl (C=O) groups is 1. The summed E-state index contributed by atoms with van der Waals surface area (Å²) in [6, 6.07) is 25.3. The smallest absolute Gasteiger partial charge is 0.230 e. The monoisotopic (exact) mass is 372 g/mol. The van der Waals surface area contributed by atoms with Crippen LogP contribution >= 0.6 is 0 Å². The van der Waals surface area contributed by atoms with Gasteiger partial charge in [0.15, 0.2) is 0 Å². The first-order valence-electron chi connectivity index (χ1n) is 10.3. The third kappa shape index (κ3) is 4.19. The minimum Gasteiger partial charge on any atom is -0.345 e. The van der Waals surface area contributed by atoms with E-state index in [4.69, 9.17) is 0 Å². The molecule has 3 nitrogen and oxygen atoms in total. The lowest BCUT2D eigenvalue weighted by Gasteiger charge is -2.28. The third-order valence-corrected chi connectivity index (χ3v) is 5.63. The summed E-state index contributed by atoms with van der Waals surface area (Å²) in [5.41, 5.74) is 3.60. The normalized spacial score (nSPS) is 14.6. The Bertz CT molecular complexity index is 897. The third-order valence-electron chi connectivity index (χ3n) is 5.63. The summed E-state index contributed by atoms with van der Waals surface area (Å²) in [7, 11) is 0. The van der Waals surface area contributed by atoms with Crippen molar-refractivity contribution in [3.8, 4) is 0 Å². The van der Waals surface area contributed by atoms with Crippen molar-refractivity contribution in [3.63, 3.8) is 0 Å². The molecule has 1 amide bonds. The molecular formula is C25H28N2O. The molecule has 0 unspecified atom stereocenters. The molecule has 144 valence electrons. The van der Waals surface area contributed by atoms with Crippen molar-refractivity contribution >= 4 is 5.91 Å². The first-order chi connectivity index (χ1) is 13.8. The van der Waals surface area contributed by atoms with E-state index in [0.717, 1.165) is 31.4 Å². The van der Waals surface area contributed by atoms with E-state index >= 15 is 0 Å². The van der Waals surface area contributed by atoms with Crippen molar-refractivity contribution in [2.45, 2.75) is 51.2 Å². The number of aromatic nitrogens is 1. The minimum absolute atomic E-state index is 0.0562. The molecule has 28 heavy (non-hydrogen) atoms. The summed E-state index contributed by atoms with van der Waals surface area (Å²) in [5, 5.41) is 0. The van der Waals surface area contributed by atoms with E-state index in [1.165, 1.54) is 11.3 Å². The standard InChI is InChI=1S/C25H28N2O/c1-2-24(21-12-7-4-8-13-21)25(28)27(22-15-16-22)19-23-14-9-17-26(23)18-20-10-5-3-6-11-20/h3-14,17,22,24H,2,15-16,18-19H2,1H3/t24-/m0/s1. The maximum atomic E-state index is 13.5. The highest BCUT2D eigenvalue weighted by molar-refractivity contribution is 5.84. The van der Waals surface area contributed by atoms with Gasteiger partial charge in [-0.05, 0) is 42.5 Å². The highest BCUT2D eigenvalue weighted by Gasteiger charge is 2.36. The van der Waals surface area contributed by atoms with E-state index in [-0.39, 0.29) is 11.8 Å². The van der Waals surface area contributed by atoms with Crippen molar-refractivity contribution < 1.29 is 4.79 Å². The van der Waals surface area contributed by atoms with Crippen LogP contribution < -0.4 is 0 Å². The van der Waals surface area contributed by atoms with Gasteiger partial charge >= 0.3 is 0 Å². The molecule has 1 atom stereocenters. The predicted octanol–water partition coefficient (Wildman–Crippen LogP) is 5.22. The zero-order chi connectivity index (χ0) is 19.3. The summed E-state index contributed by atoms with van der Waals surface area (Å²) in [4.78, 5) is 15.6. The van der Waals surface area contributed by atoms with Gasteiger partial charge in [-0.3, -0.25) is 4.79 Å². The van der Waals surface area contributed by atoms with E-state index in [1.807, 2.05) is 24.3 Å². The molecule has 0 radical (unpaired) electrons. The lowest BCUT2D eigenvalue weighted by Crippen LogP contribution is -2.37. The molecule has 1 saturated carbocycles. The first-order valence-corrected chi connectivity index (χ1v) is 10.3. The van der Waals surface area contributed by atoms with Crippen LogP contribution in [0.3, 0.4) is 0 Å². The number of benzene rings is 2. The molecule has 0 N–H and O–H groups in total. The number of carbonyl (C=O) groups excluding carboxylic acids is 1. The molecule has 2 aromatic carbocycles. The highest BCUT2D eigenvalue weighted by atomic mass is 16.2. The number of hydrogen-bond donors (Lipinski definition) is 0. The summed E-state index contributed by atoms with van der Waals surface area (Å²) in [6.07, 6.45) is 5.19. The second-order valence-corrected chi connectivity index (χ2v) is 7.68. The fourth-order valence-electron chi connectivity index (χ4n) is 3.91. The van der Waals surface area contributed by atoms with Crippen molar-refractivity contribution in [2.75, 3.05) is 0 Å². The van der Waals surface area contributed by atoms with Crippen LogP contribution in [0.15, 0.2) is 79.0 Å². The van der Waals surface area contributed by atoms with Crippen molar-refractivity contribution in [1.82, 2.24) is 9.47 Å². The largest absolute Gasteiger partial charge is 0.345 e. The number of amides is 1. The van der Waals surface area contributed by atoms with Gasteiger partial charge < -0.3 is 9.47 Å². The van der Waals surface area contributed by atoms with Crippen LogP contribution in [0.1, 0.15) is 48.9 Å². The molecule has 1 aromatic heterocycles. The number of nitrogens with zero attached hydrogens (tertiary/aromatic N) is 2. The average Bonchev–Trinajstić information content (AvgIpc) is 3.49. The van der Waals surface area contributed by atoms with Gasteiger partial charge in [0.05, 0.1) is 12.5 Å². The first kappa shape index (κ1) is 18.5. The molecule has 1 heterocycles. The summed E-state index contributed by atoms with van der Waals surface area (Å²) in [6.45, 7) is 3.64. The molecule has 1 aliphatic carbocycles. The van der Waals surface area contributed by atoms with E-state index in [9.17, 15) is 4.79 Å². The molecule has 0 bridgehead atoms. The van der Waals surface area contributed by atoms with Crippen molar-refractivity contribution in [3.05, 3.63) is 95.8 Å². The Hall–Kier alpha value is -2.81. The van der Waals surface area contributed by atoms with Crippen LogP contribution in [0.5, 0.6) is 0 Å². The average molecular weight is 373 g/mol. The topological polar surface area (TPSA) is 25.2 Å². The van der Waals surface area contributed by atoms with Gasteiger partial charge in [-0.25, -0.2) is 0 Å². The fourth-order valence-corrected chi connectivity index (χ4v) is 3.91. The molecule has 0 spiro atoms. The van der Waals surface area contributed by atoms with Crippen LogP contribution in [-0.2, 0) is 17.9 Å². The zero-order valence-corrected chi connectivity index (χ0v) is 16.5. The molecule has 1 aliphatic rings. The molecule has 3 aromatic rings. The van der Waals surface area contributed by atoms with E-state index in [1.54, 1.807) is 0 Å². The second kappa shape index (κ2) is 8.47. The molecule has 3 heteroatoms. The van der Waals surface area contributed by atoms with Gasteiger partial charge in [0, 0.05) is 24.5 Å². The van der Waals surface area contributed by atoms with Gasteiger partial charge in [-0.15, -0.1) is 0 Å². The molecule has 0 aliphatic heterocycles. The Morgan fingerprint density at radius 1 is 1.00 bits per heavy atom. The van der Waals surface area contributed by atoms with Crippen LogP contribution in [0.4, 0.5) is 0 Å². The van der Waals surface area contributed by atoms with Gasteiger partial charge in [-0.1, -0.05) is 67.6 Å². The minimum atomic E-state index is -0.0562. The Morgan fingerprint density at radius 2 is 1.68 bits per heavy atom. The number of rotatable bonds is 8. The van der Waals surface area contributed by atoms with Gasteiger partial charge in [-0.2, -0.15) is 0 Å². The van der Waals surface area contributed by atoms with E-state index in [2.05, 4.69) is 71.1 Å². The number of hydrogen-bond acceptors (Lipinski definition) is 1. The van der Waals surface area contributed by atoms with Crippen LogP contribution in [-0.4, -0.2) is 21.4 Å². The Balaban J connectivity index is 1.53. The summed E-state index contributed by atoms with van der Waals surface area (Å²) < 4.78 is 2.27. The lowest BCUT2D eigenvalue weighted by atomic mass is 9.95. The van der Waals surface area contributed by atoms with Crippen molar-refractivity contribution in [2.24, 2.45) is 0 Å². The molecule has 1 fully saturated rings. The summed E-state index contributed by atoms with van der Waals surface area (Å²) >= 11 is 0. The van der Waals surface area contributed by atoms with Gasteiger partial charge in [0.25, 0.3) is 0 Å². The zero-order valence-electron chi connectivity index (χ0n) is 16.5. The molecular weight excluding hydrogens is 344 g/mol. The van der Waals surface area contributed by atoms with Crippen molar-refractivity contribution in [1.29, 1.82) is 0 Å². The van der Waals surface area contributed by atoms with Crippen LogP contribution in [0, 0.1) is 0 Å². The molecule has 0 saturated heterocycles. The van der Waals surface area contributed by atoms with E-state index in [0.29, 0.717) is 12.6 Å². The molecule has 4 rings (SSSR count). The maximum Gasteiger partial charge on any atom is 0.230 e. The Labute approximate surface area is 167 Å². The Morgan fingerprint density at radius 3 is 2.32 bits per heavy atom. The van der Waals surface area contributed by atoms with Gasteiger partial charge in [0.2, 0.25) is 5.91 Å². The predicted molar refractivity (Wildman–Crippen MR) is 113 cm³/mol.